The second kappa shape index (κ2) is 3.76. The second-order valence-electron chi connectivity index (χ2n) is 5.63. The first-order valence-electron chi connectivity index (χ1n) is 6.48. The van der Waals surface area contributed by atoms with E-state index in [1.807, 2.05) is 13.8 Å². The molecule has 18 heavy (non-hydrogen) atoms. The lowest BCUT2D eigenvalue weighted by Gasteiger charge is -2.40. The summed E-state index contributed by atoms with van der Waals surface area (Å²) >= 11 is 0. The van der Waals surface area contributed by atoms with E-state index in [-0.39, 0.29) is 28.6 Å². The van der Waals surface area contributed by atoms with Crippen molar-refractivity contribution >= 4 is 11.9 Å². The highest BCUT2D eigenvalue weighted by molar-refractivity contribution is 6.02. The van der Waals surface area contributed by atoms with Gasteiger partial charge in [0, 0.05) is 13.3 Å². The van der Waals surface area contributed by atoms with E-state index in [2.05, 4.69) is 5.32 Å². The number of carbonyl (C=O) groups excluding carboxylic acids is 2. The SMILES string of the molecule is CCC1(C)C(=O)NC(=O)[N+]1(CC1CO1)CC1CO1. The molecule has 0 aromatic carbocycles. The van der Waals surface area contributed by atoms with E-state index in [4.69, 9.17) is 9.47 Å². The van der Waals surface area contributed by atoms with Crippen molar-refractivity contribution in [2.45, 2.75) is 38.0 Å². The van der Waals surface area contributed by atoms with Gasteiger partial charge in [0.15, 0.2) is 5.54 Å². The fourth-order valence-electron chi connectivity index (χ4n) is 2.91. The van der Waals surface area contributed by atoms with Crippen LogP contribution in [0.1, 0.15) is 20.3 Å². The molecule has 3 unspecified atom stereocenters. The summed E-state index contributed by atoms with van der Waals surface area (Å²) in [6, 6.07) is -0.199. The summed E-state index contributed by atoms with van der Waals surface area (Å²) in [7, 11) is 0. The second-order valence-corrected chi connectivity index (χ2v) is 5.63. The Balaban J connectivity index is 1.96. The van der Waals surface area contributed by atoms with Crippen LogP contribution in [0.2, 0.25) is 0 Å². The van der Waals surface area contributed by atoms with Gasteiger partial charge in [-0.05, 0) is 0 Å². The largest absolute Gasteiger partial charge is 0.424 e. The number of rotatable bonds is 5. The van der Waals surface area contributed by atoms with E-state index in [9.17, 15) is 9.59 Å². The third kappa shape index (κ3) is 1.60. The Morgan fingerprint density at radius 1 is 1.28 bits per heavy atom. The molecule has 0 aliphatic carbocycles. The predicted octanol–water partition coefficient (Wildman–Crippen LogP) is 0.0193. The molecule has 0 saturated carbocycles. The van der Waals surface area contributed by atoms with Crippen LogP contribution < -0.4 is 5.32 Å². The molecule has 3 aliphatic rings. The lowest BCUT2D eigenvalue weighted by Crippen LogP contribution is -2.65. The smallest absolute Gasteiger partial charge is 0.367 e. The summed E-state index contributed by atoms with van der Waals surface area (Å²) in [5.41, 5.74) is -0.699. The molecule has 0 spiro atoms. The molecule has 3 atom stereocenters. The number of imide groups is 1. The van der Waals surface area contributed by atoms with Gasteiger partial charge < -0.3 is 9.47 Å². The van der Waals surface area contributed by atoms with Gasteiger partial charge in [0.05, 0.1) is 13.2 Å². The van der Waals surface area contributed by atoms with Crippen molar-refractivity contribution in [3.63, 3.8) is 0 Å². The monoisotopic (exact) mass is 255 g/mol. The van der Waals surface area contributed by atoms with Gasteiger partial charge in [-0.1, -0.05) is 6.92 Å². The van der Waals surface area contributed by atoms with E-state index in [1.54, 1.807) is 0 Å². The molecular weight excluding hydrogens is 236 g/mol. The Morgan fingerprint density at radius 3 is 2.17 bits per heavy atom. The Kier molecular flexibility index (Phi) is 2.52. The molecule has 3 heterocycles. The third-order valence-electron chi connectivity index (χ3n) is 4.57. The molecule has 1 N–H and O–H groups in total. The molecule has 3 saturated heterocycles. The normalized spacial score (nSPS) is 46.1. The minimum absolute atomic E-state index is 0.103. The fourth-order valence-corrected chi connectivity index (χ4v) is 2.91. The molecule has 3 rings (SSSR count). The van der Waals surface area contributed by atoms with Crippen molar-refractivity contribution in [1.29, 1.82) is 0 Å². The maximum atomic E-state index is 12.3. The molecule has 3 fully saturated rings. The van der Waals surface area contributed by atoms with Crippen molar-refractivity contribution in [1.82, 2.24) is 5.32 Å². The average Bonchev–Trinajstić information content (AvgIpc) is 3.20. The van der Waals surface area contributed by atoms with Gasteiger partial charge in [-0.25, -0.2) is 14.6 Å². The Morgan fingerprint density at radius 2 is 1.78 bits per heavy atom. The highest BCUT2D eigenvalue weighted by Gasteiger charge is 2.66. The third-order valence-corrected chi connectivity index (χ3v) is 4.57. The standard InChI is InChI=1S/C12H18N2O4/c1-3-12(2)10(15)13-11(16)14(12,4-8-6-17-8)5-9-7-18-9/h8-9H,3-7H2,1-2H3/p+1. The maximum Gasteiger partial charge on any atom is 0.424 e. The van der Waals surface area contributed by atoms with Crippen molar-refractivity contribution in [2.24, 2.45) is 0 Å². The number of epoxide rings is 2. The van der Waals surface area contributed by atoms with Crippen molar-refractivity contribution in [2.75, 3.05) is 26.3 Å². The number of nitrogens with zero attached hydrogens (tertiary/aromatic N) is 1. The number of hydrogen-bond donors (Lipinski definition) is 1. The summed E-state index contributed by atoms with van der Waals surface area (Å²) in [4.78, 5) is 24.5. The van der Waals surface area contributed by atoms with Crippen molar-refractivity contribution in [3.8, 4) is 0 Å². The van der Waals surface area contributed by atoms with E-state index in [0.717, 1.165) is 0 Å². The number of ether oxygens (including phenoxy) is 2. The summed E-state index contributed by atoms with van der Waals surface area (Å²) in [5, 5.41) is 2.50. The number of nitrogens with one attached hydrogen (secondary N) is 1. The highest BCUT2D eigenvalue weighted by Crippen LogP contribution is 2.38. The molecule has 100 valence electrons. The molecule has 0 aromatic heterocycles. The molecule has 0 bridgehead atoms. The molecule has 3 amide bonds. The highest BCUT2D eigenvalue weighted by atomic mass is 16.6. The summed E-state index contributed by atoms with van der Waals surface area (Å²) < 4.78 is 10.7. The number of carbonyl (C=O) groups is 2. The Hall–Kier alpha value is -0.980. The molecule has 3 aliphatic heterocycles. The van der Waals surface area contributed by atoms with Gasteiger partial charge in [0.2, 0.25) is 0 Å². The van der Waals surface area contributed by atoms with Gasteiger partial charge in [-0.2, -0.15) is 0 Å². The molecule has 6 heteroatoms. The van der Waals surface area contributed by atoms with Gasteiger partial charge in [0.25, 0.3) is 5.91 Å². The summed E-state index contributed by atoms with van der Waals surface area (Å²) in [6.45, 7) is 6.34. The molecule has 0 aromatic rings. The van der Waals surface area contributed by atoms with Crippen LogP contribution in [0.5, 0.6) is 0 Å². The fraction of sp³-hybridized carbons (Fsp3) is 0.833. The van der Waals surface area contributed by atoms with E-state index >= 15 is 0 Å². The van der Waals surface area contributed by atoms with Crippen molar-refractivity contribution in [3.05, 3.63) is 0 Å². The number of amides is 3. The molecular formula is C12H19N2O4+. The number of quaternary nitrogens is 1. The van der Waals surface area contributed by atoms with Crippen LogP contribution in [0, 0.1) is 0 Å². The lowest BCUT2D eigenvalue weighted by molar-refractivity contribution is -0.885. The van der Waals surface area contributed by atoms with Crippen LogP contribution >= 0.6 is 0 Å². The van der Waals surface area contributed by atoms with Crippen molar-refractivity contribution < 1.29 is 23.5 Å². The van der Waals surface area contributed by atoms with E-state index in [0.29, 0.717) is 32.7 Å². The van der Waals surface area contributed by atoms with Gasteiger partial charge in [0.1, 0.15) is 25.3 Å². The minimum Gasteiger partial charge on any atom is -0.367 e. The predicted molar refractivity (Wildman–Crippen MR) is 61.7 cm³/mol. The lowest BCUT2D eigenvalue weighted by atomic mass is 9.93. The zero-order valence-electron chi connectivity index (χ0n) is 10.8. The Labute approximate surface area is 106 Å². The minimum atomic E-state index is -0.699. The number of hydrogen-bond acceptors (Lipinski definition) is 4. The zero-order chi connectivity index (χ0) is 13.0. The topological polar surface area (TPSA) is 71.2 Å². The van der Waals surface area contributed by atoms with Crippen LogP contribution in [0.25, 0.3) is 0 Å². The number of urea groups is 1. The average molecular weight is 255 g/mol. The van der Waals surface area contributed by atoms with Gasteiger partial charge >= 0.3 is 6.03 Å². The van der Waals surface area contributed by atoms with Crippen LogP contribution in [0.15, 0.2) is 0 Å². The van der Waals surface area contributed by atoms with Crippen LogP contribution in [-0.2, 0) is 14.3 Å². The Bertz CT molecular complexity index is 389. The van der Waals surface area contributed by atoms with Crippen LogP contribution in [0.3, 0.4) is 0 Å². The first-order chi connectivity index (χ1) is 8.52. The van der Waals surface area contributed by atoms with Crippen LogP contribution in [-0.4, -0.2) is 60.5 Å². The van der Waals surface area contributed by atoms with Gasteiger partial charge in [-0.15, -0.1) is 0 Å². The first kappa shape index (κ1) is 12.1. The first-order valence-corrected chi connectivity index (χ1v) is 6.48. The zero-order valence-corrected chi connectivity index (χ0v) is 10.8. The summed E-state index contributed by atoms with van der Waals surface area (Å²) in [5.74, 6) is -0.170. The van der Waals surface area contributed by atoms with Crippen LogP contribution in [0.4, 0.5) is 4.79 Å². The molecule has 0 radical (unpaired) electrons. The quantitative estimate of drug-likeness (QED) is 0.427. The summed E-state index contributed by atoms with van der Waals surface area (Å²) in [6.07, 6.45) is 0.835. The van der Waals surface area contributed by atoms with E-state index < -0.39 is 5.54 Å². The van der Waals surface area contributed by atoms with Gasteiger partial charge in [-0.3, -0.25) is 4.79 Å². The molecule has 6 nitrogen and oxygen atoms in total. The van der Waals surface area contributed by atoms with E-state index in [1.165, 1.54) is 0 Å². The maximum absolute atomic E-state index is 12.3.